The zero-order valence-corrected chi connectivity index (χ0v) is 16.6. The van der Waals surface area contributed by atoms with E-state index in [2.05, 4.69) is 49.4 Å². The summed E-state index contributed by atoms with van der Waals surface area (Å²) < 4.78 is 1.80. The first-order chi connectivity index (χ1) is 9.31. The fourth-order valence-electron chi connectivity index (χ4n) is 2.74. The van der Waals surface area contributed by atoms with Gasteiger partial charge in [-0.15, -0.1) is 0 Å². The topological polar surface area (TPSA) is 0 Å². The summed E-state index contributed by atoms with van der Waals surface area (Å²) in [5, 5.41) is 0. The summed E-state index contributed by atoms with van der Waals surface area (Å²) in [5.41, 5.74) is 2.96. The Hall–Kier alpha value is 0.163. The maximum atomic E-state index is 2.24. The van der Waals surface area contributed by atoms with Crippen molar-refractivity contribution in [2.24, 2.45) is 0 Å². The van der Waals surface area contributed by atoms with Crippen LogP contribution in [0.25, 0.3) is 0 Å². The zero-order valence-electron chi connectivity index (χ0n) is 12.6. The molecule has 114 valence electrons. The SMILES string of the molecule is CC[c-]1cccc1C1C=CC=C1.[Cl-].[Cl-].[Zr+2]=[C]1CCCCC1. The van der Waals surface area contributed by atoms with Crippen molar-refractivity contribution in [3.8, 4) is 0 Å². The van der Waals surface area contributed by atoms with Gasteiger partial charge in [-0.2, -0.15) is 17.2 Å². The van der Waals surface area contributed by atoms with Crippen LogP contribution in [0.5, 0.6) is 0 Å². The van der Waals surface area contributed by atoms with Crippen molar-refractivity contribution in [3.63, 3.8) is 0 Å². The fourth-order valence-corrected chi connectivity index (χ4v) is 3.61. The van der Waals surface area contributed by atoms with Gasteiger partial charge in [-0.25, -0.2) is 12.1 Å². The van der Waals surface area contributed by atoms with Crippen molar-refractivity contribution in [3.05, 3.63) is 53.6 Å². The zero-order chi connectivity index (χ0) is 13.5. The average Bonchev–Trinajstić information content (AvgIpc) is 3.11. The van der Waals surface area contributed by atoms with Gasteiger partial charge in [-0.3, -0.25) is 0 Å². The third-order valence-electron chi connectivity index (χ3n) is 3.89. The molecule has 1 saturated carbocycles. The number of hydrogen-bond donors (Lipinski definition) is 0. The maximum absolute atomic E-state index is 2.24. The van der Waals surface area contributed by atoms with Crippen LogP contribution in [0.2, 0.25) is 0 Å². The van der Waals surface area contributed by atoms with Crippen LogP contribution in [0.4, 0.5) is 0 Å². The third-order valence-corrected chi connectivity index (χ3v) is 5.12. The summed E-state index contributed by atoms with van der Waals surface area (Å²) in [6.07, 6.45) is 17.2. The van der Waals surface area contributed by atoms with Crippen molar-refractivity contribution in [2.45, 2.75) is 51.4 Å². The van der Waals surface area contributed by atoms with E-state index in [1.165, 1.54) is 43.2 Å². The van der Waals surface area contributed by atoms with Crippen molar-refractivity contribution in [2.75, 3.05) is 0 Å². The van der Waals surface area contributed by atoms with Crippen LogP contribution in [0.15, 0.2) is 42.5 Å². The molecule has 0 saturated heterocycles. The summed E-state index contributed by atoms with van der Waals surface area (Å²) in [5.74, 6) is 0.537. The van der Waals surface area contributed by atoms with E-state index in [0.717, 1.165) is 6.42 Å². The molecule has 0 aromatic heterocycles. The molecule has 2 aliphatic rings. The van der Waals surface area contributed by atoms with Gasteiger partial charge in [0.2, 0.25) is 0 Å². The molecule has 21 heavy (non-hydrogen) atoms. The van der Waals surface area contributed by atoms with Crippen LogP contribution >= 0.6 is 0 Å². The summed E-state index contributed by atoms with van der Waals surface area (Å²) in [6, 6.07) is 6.59. The van der Waals surface area contributed by atoms with Gasteiger partial charge in [0.1, 0.15) is 0 Å². The van der Waals surface area contributed by atoms with Crippen LogP contribution < -0.4 is 24.8 Å². The molecule has 0 N–H and O–H groups in total. The molecular weight excluding hydrogens is 378 g/mol. The summed E-state index contributed by atoms with van der Waals surface area (Å²) in [7, 11) is 0. The van der Waals surface area contributed by atoms with E-state index in [0.29, 0.717) is 5.92 Å². The van der Waals surface area contributed by atoms with Gasteiger partial charge in [0.15, 0.2) is 0 Å². The van der Waals surface area contributed by atoms with E-state index in [4.69, 9.17) is 0 Å². The Kier molecular flexibility index (Phi) is 11.8. The van der Waals surface area contributed by atoms with Crippen LogP contribution in [-0.2, 0) is 30.7 Å². The Morgan fingerprint density at radius 3 is 2.19 bits per heavy atom. The van der Waals surface area contributed by atoms with Crippen LogP contribution in [0.1, 0.15) is 56.1 Å². The monoisotopic (exact) mass is 399 g/mol. The van der Waals surface area contributed by atoms with Gasteiger partial charge in [0.05, 0.1) is 0 Å². The van der Waals surface area contributed by atoms with E-state index in [-0.39, 0.29) is 24.8 Å². The molecular formula is C18H23Cl2Zr-. The molecule has 0 unspecified atom stereocenters. The van der Waals surface area contributed by atoms with E-state index in [9.17, 15) is 0 Å². The first-order valence-electron chi connectivity index (χ1n) is 7.47. The van der Waals surface area contributed by atoms with Crippen LogP contribution in [0, 0.1) is 0 Å². The predicted molar refractivity (Wildman–Crippen MR) is 80.5 cm³/mol. The predicted octanol–water partition coefficient (Wildman–Crippen LogP) is -1.14. The Labute approximate surface area is 156 Å². The Morgan fingerprint density at radius 2 is 1.71 bits per heavy atom. The first-order valence-corrected chi connectivity index (χ1v) is 8.70. The average molecular weight is 402 g/mol. The fraction of sp³-hybridized carbons (Fsp3) is 0.444. The number of hydrogen-bond acceptors (Lipinski definition) is 0. The second-order valence-corrected chi connectivity index (χ2v) is 7.06. The third kappa shape index (κ3) is 6.85. The van der Waals surface area contributed by atoms with Crippen molar-refractivity contribution < 1.29 is 49.0 Å². The molecule has 0 radical (unpaired) electrons. The molecule has 3 rings (SSSR count). The van der Waals surface area contributed by atoms with Crippen molar-refractivity contribution in [1.82, 2.24) is 0 Å². The molecule has 0 nitrogen and oxygen atoms in total. The number of allylic oxidation sites excluding steroid dienone is 4. The molecule has 0 amide bonds. The second kappa shape index (κ2) is 11.7. The standard InChI is InChI=1S/C12H13.C6H10.2ClH.Zr/c1-2-10-8-5-9-12(10)11-6-3-4-7-11;1-2-4-6-5-3-1;;;/h3-9,11H,2H2,1H3;1-5H2;2*1H;/q-1;;;;+2/p-2. The van der Waals surface area contributed by atoms with E-state index in [1.807, 2.05) is 0 Å². The van der Waals surface area contributed by atoms with Gasteiger partial charge in [0, 0.05) is 0 Å². The molecule has 3 heteroatoms. The number of rotatable bonds is 2. The quantitative estimate of drug-likeness (QED) is 0.550. The molecule has 1 aromatic rings. The minimum absolute atomic E-state index is 0. The molecule has 0 bridgehead atoms. The molecule has 1 fully saturated rings. The van der Waals surface area contributed by atoms with Crippen molar-refractivity contribution >= 4 is 3.21 Å². The van der Waals surface area contributed by atoms with Gasteiger partial charge in [0.25, 0.3) is 0 Å². The summed E-state index contributed by atoms with van der Waals surface area (Å²) in [4.78, 5) is 0. The second-order valence-electron chi connectivity index (χ2n) is 5.32. The van der Waals surface area contributed by atoms with E-state index < -0.39 is 0 Å². The van der Waals surface area contributed by atoms with Gasteiger partial charge < -0.3 is 24.8 Å². The van der Waals surface area contributed by atoms with Crippen molar-refractivity contribution in [1.29, 1.82) is 0 Å². The Bertz CT molecular complexity index is 451. The molecule has 1 aromatic carbocycles. The normalized spacial score (nSPS) is 16.8. The van der Waals surface area contributed by atoms with E-state index >= 15 is 0 Å². The van der Waals surface area contributed by atoms with Crippen LogP contribution in [0.3, 0.4) is 0 Å². The molecule has 2 aliphatic carbocycles. The molecule has 0 spiro atoms. The van der Waals surface area contributed by atoms with Gasteiger partial charge in [-0.05, 0) is 5.92 Å². The Morgan fingerprint density at radius 1 is 1.10 bits per heavy atom. The summed E-state index contributed by atoms with van der Waals surface area (Å²) >= 11 is 1.69. The molecule has 0 heterocycles. The minimum atomic E-state index is 0. The molecule has 0 aliphatic heterocycles. The van der Waals surface area contributed by atoms with Gasteiger partial charge >= 0.3 is 59.5 Å². The Balaban J connectivity index is 0.000000389. The number of aryl methyl sites for hydroxylation is 1. The summed E-state index contributed by atoms with van der Waals surface area (Å²) in [6.45, 7) is 2.21. The van der Waals surface area contributed by atoms with Gasteiger partial charge in [-0.1, -0.05) is 37.6 Å². The first kappa shape index (κ1) is 21.2. The molecule has 0 atom stereocenters. The van der Waals surface area contributed by atoms with E-state index in [1.54, 1.807) is 27.4 Å². The number of halogens is 2. The van der Waals surface area contributed by atoms with Crippen LogP contribution in [-0.4, -0.2) is 3.21 Å².